The SMILES string of the molecule is COC(=O)c1cn([C@@H]2C3CC([C@H]2O)n2c4ccccc4c4c5c(c6c7ccccc7n3c6c42)C(=O)NC5=O)nn1. The number of imide groups is 1. The molecule has 2 unspecified atom stereocenters. The van der Waals surface area contributed by atoms with Crippen molar-refractivity contribution in [2.75, 3.05) is 7.11 Å². The zero-order valence-corrected chi connectivity index (χ0v) is 21.0. The molecular weight excluding hydrogens is 512 g/mol. The molecule has 0 radical (unpaired) electrons. The number of ether oxygens (including phenoxy) is 1. The topological polar surface area (TPSA) is 133 Å². The van der Waals surface area contributed by atoms with Crippen molar-refractivity contribution in [1.29, 1.82) is 0 Å². The Morgan fingerprint density at radius 1 is 0.925 bits per heavy atom. The zero-order chi connectivity index (χ0) is 27.0. The molecule has 196 valence electrons. The maximum Gasteiger partial charge on any atom is 0.360 e. The summed E-state index contributed by atoms with van der Waals surface area (Å²) in [7, 11) is 1.28. The van der Waals surface area contributed by atoms with Crippen molar-refractivity contribution >= 4 is 61.4 Å². The highest BCUT2D eigenvalue weighted by molar-refractivity contribution is 6.39. The number of aliphatic hydroxyl groups excluding tert-OH is 1. The highest BCUT2D eigenvalue weighted by Gasteiger charge is 2.51. The maximum absolute atomic E-state index is 13.4. The molecule has 1 fully saturated rings. The fourth-order valence-corrected chi connectivity index (χ4v) is 7.57. The van der Waals surface area contributed by atoms with Gasteiger partial charge in [0, 0.05) is 32.6 Å². The van der Waals surface area contributed by atoms with Crippen LogP contribution in [0.2, 0.25) is 0 Å². The first-order chi connectivity index (χ1) is 19.5. The van der Waals surface area contributed by atoms with Gasteiger partial charge >= 0.3 is 5.97 Å². The molecule has 11 heteroatoms. The number of aliphatic hydroxyl groups is 1. The number of aromatic nitrogens is 5. The van der Waals surface area contributed by atoms with Crippen LogP contribution in [0, 0.1) is 0 Å². The minimum atomic E-state index is -0.899. The van der Waals surface area contributed by atoms with Gasteiger partial charge < -0.3 is 19.0 Å². The van der Waals surface area contributed by atoms with E-state index in [1.165, 1.54) is 13.3 Å². The number of fused-ring (bicyclic) bond motifs is 13. The van der Waals surface area contributed by atoms with Crippen LogP contribution in [0.15, 0.2) is 54.7 Å². The van der Waals surface area contributed by atoms with Gasteiger partial charge in [-0.3, -0.25) is 14.9 Å². The second-order valence-corrected chi connectivity index (χ2v) is 10.7. The molecule has 3 aromatic carbocycles. The number of nitrogens with zero attached hydrogens (tertiary/aromatic N) is 5. The summed E-state index contributed by atoms with van der Waals surface area (Å²) in [6, 6.07) is 14.4. The molecule has 2 amide bonds. The van der Waals surface area contributed by atoms with Gasteiger partial charge in [-0.2, -0.15) is 0 Å². The lowest BCUT2D eigenvalue weighted by Gasteiger charge is -2.27. The Kier molecular flexibility index (Phi) is 3.90. The number of carbonyl (C=O) groups excluding carboxylic acids is 3. The van der Waals surface area contributed by atoms with Gasteiger partial charge in [-0.15, -0.1) is 5.10 Å². The van der Waals surface area contributed by atoms with E-state index in [9.17, 15) is 19.5 Å². The van der Waals surface area contributed by atoms with Gasteiger partial charge in [-0.25, -0.2) is 9.48 Å². The summed E-state index contributed by atoms with van der Waals surface area (Å²) in [6.45, 7) is 0. The first-order valence-electron chi connectivity index (χ1n) is 13.0. The van der Waals surface area contributed by atoms with E-state index < -0.39 is 29.9 Å². The van der Waals surface area contributed by atoms with E-state index >= 15 is 0 Å². The van der Waals surface area contributed by atoms with Crippen LogP contribution in [0.4, 0.5) is 0 Å². The summed E-state index contributed by atoms with van der Waals surface area (Å²) in [5.41, 5.74) is 4.24. The molecule has 5 heterocycles. The lowest BCUT2D eigenvalue weighted by Crippen LogP contribution is -2.30. The first-order valence-corrected chi connectivity index (χ1v) is 13.0. The van der Waals surface area contributed by atoms with Gasteiger partial charge in [-0.1, -0.05) is 41.6 Å². The van der Waals surface area contributed by atoms with Gasteiger partial charge in [0.25, 0.3) is 11.8 Å². The van der Waals surface area contributed by atoms with Crippen molar-refractivity contribution < 1.29 is 24.2 Å². The summed E-state index contributed by atoms with van der Waals surface area (Å²) in [6.07, 6.45) is 1.17. The Morgan fingerprint density at radius 3 is 2.10 bits per heavy atom. The molecule has 2 N–H and O–H groups in total. The molecule has 0 saturated heterocycles. The number of methoxy groups -OCH3 is 1. The van der Waals surface area contributed by atoms with E-state index in [1.54, 1.807) is 4.68 Å². The number of nitrogens with one attached hydrogen (secondary N) is 1. The molecule has 0 spiro atoms. The van der Waals surface area contributed by atoms with Crippen molar-refractivity contribution in [3.05, 3.63) is 71.5 Å². The quantitative estimate of drug-likeness (QED) is 0.258. The third-order valence-corrected chi connectivity index (χ3v) is 8.97. The largest absolute Gasteiger partial charge is 0.464 e. The minimum Gasteiger partial charge on any atom is -0.464 e. The molecule has 11 nitrogen and oxygen atoms in total. The van der Waals surface area contributed by atoms with Crippen LogP contribution >= 0.6 is 0 Å². The Balaban J connectivity index is 1.49. The van der Waals surface area contributed by atoms with E-state index in [1.807, 2.05) is 48.5 Å². The third-order valence-electron chi connectivity index (χ3n) is 8.97. The summed E-state index contributed by atoms with van der Waals surface area (Å²) in [5.74, 6) is -1.43. The van der Waals surface area contributed by atoms with Crippen LogP contribution in [0.1, 0.15) is 55.8 Å². The number of hydrogen-bond donors (Lipinski definition) is 2. The Morgan fingerprint density at radius 2 is 1.50 bits per heavy atom. The van der Waals surface area contributed by atoms with Crippen molar-refractivity contribution in [2.24, 2.45) is 0 Å². The molecule has 6 aromatic rings. The molecule has 1 aliphatic carbocycles. The number of amides is 2. The average Bonchev–Trinajstić information content (AvgIpc) is 3.74. The lowest BCUT2D eigenvalue weighted by molar-refractivity contribution is 0.0592. The zero-order valence-electron chi connectivity index (χ0n) is 21.0. The van der Waals surface area contributed by atoms with Gasteiger partial charge in [0.1, 0.15) is 6.04 Å². The van der Waals surface area contributed by atoms with Crippen molar-refractivity contribution in [3.8, 4) is 0 Å². The number of esters is 1. The lowest BCUT2D eigenvalue weighted by atomic mass is 9.96. The number of hydrogen-bond acceptors (Lipinski definition) is 7. The molecule has 2 bridgehead atoms. The minimum absolute atomic E-state index is 0.0543. The van der Waals surface area contributed by atoms with Crippen LogP contribution in [0.5, 0.6) is 0 Å². The molecule has 1 saturated carbocycles. The van der Waals surface area contributed by atoms with Crippen molar-refractivity contribution in [2.45, 2.75) is 30.7 Å². The second kappa shape index (κ2) is 7.13. The van der Waals surface area contributed by atoms with Crippen LogP contribution in [-0.4, -0.2) is 60.2 Å². The molecule has 9 rings (SSSR count). The van der Waals surface area contributed by atoms with Gasteiger partial charge in [0.05, 0.1) is 53.7 Å². The first kappa shape index (κ1) is 21.9. The van der Waals surface area contributed by atoms with E-state index in [4.69, 9.17) is 4.74 Å². The van der Waals surface area contributed by atoms with Crippen LogP contribution in [0.3, 0.4) is 0 Å². The number of rotatable bonds is 2. The van der Waals surface area contributed by atoms with E-state index in [0.29, 0.717) is 17.5 Å². The molecule has 3 aliphatic rings. The van der Waals surface area contributed by atoms with Gasteiger partial charge in [0.15, 0.2) is 5.69 Å². The molecule has 3 aromatic heterocycles. The van der Waals surface area contributed by atoms with Crippen LogP contribution in [-0.2, 0) is 4.74 Å². The maximum atomic E-state index is 13.4. The molecule has 2 aliphatic heterocycles. The Hall–Kier alpha value is -5.03. The predicted octanol–water partition coefficient (Wildman–Crippen LogP) is 3.27. The smallest absolute Gasteiger partial charge is 0.360 e. The standard InChI is InChI=1S/C29H20N6O5/c1-40-29(39)14-11-33(32-31-14)23-17-10-18(26(23)36)35-16-9-5-3-7-13(16)20-22-21(27(37)30-28(22)38)19-12-6-2-4-8-15(12)34(17)24(19)25(20)35/h2-9,11,17-18,23,26,36H,10H2,1H3,(H,30,37,38)/t17?,18?,23-,26-/m1/s1. The highest BCUT2D eigenvalue weighted by Crippen LogP contribution is 2.56. The summed E-state index contributed by atoms with van der Waals surface area (Å²) < 4.78 is 10.7. The monoisotopic (exact) mass is 532 g/mol. The molecule has 40 heavy (non-hydrogen) atoms. The number of carbonyl (C=O) groups is 3. The molecule has 4 atom stereocenters. The van der Waals surface area contributed by atoms with Crippen molar-refractivity contribution in [1.82, 2.24) is 29.4 Å². The predicted molar refractivity (Wildman–Crippen MR) is 143 cm³/mol. The second-order valence-electron chi connectivity index (χ2n) is 10.7. The third kappa shape index (κ3) is 2.34. The van der Waals surface area contributed by atoms with Crippen LogP contribution in [0.25, 0.3) is 43.6 Å². The van der Waals surface area contributed by atoms with Crippen molar-refractivity contribution in [3.63, 3.8) is 0 Å². The highest BCUT2D eigenvalue weighted by atomic mass is 16.5. The number of para-hydroxylation sites is 2. The Labute approximate surface area is 224 Å². The van der Waals surface area contributed by atoms with E-state index in [2.05, 4.69) is 24.8 Å². The van der Waals surface area contributed by atoms with E-state index in [-0.39, 0.29) is 17.8 Å². The van der Waals surface area contributed by atoms with Crippen LogP contribution < -0.4 is 5.32 Å². The van der Waals surface area contributed by atoms with E-state index in [0.717, 1.165) is 43.6 Å². The van der Waals surface area contributed by atoms with Gasteiger partial charge in [0.2, 0.25) is 0 Å². The molecular formula is C29H20N6O5. The summed E-state index contributed by atoms with van der Waals surface area (Å²) >= 11 is 0. The van der Waals surface area contributed by atoms with Gasteiger partial charge in [-0.05, 0) is 18.6 Å². The Bertz CT molecular complexity index is 2170. The fourth-order valence-electron chi connectivity index (χ4n) is 7.57. The number of benzene rings is 3. The summed E-state index contributed by atoms with van der Waals surface area (Å²) in [4.78, 5) is 38.9. The fraction of sp³-hybridized carbons (Fsp3) is 0.207. The average molecular weight is 533 g/mol. The normalized spacial score (nSPS) is 23.1. The summed E-state index contributed by atoms with van der Waals surface area (Å²) in [5, 5.41) is 25.9.